The van der Waals surface area contributed by atoms with Crippen molar-refractivity contribution in [2.45, 2.75) is 13.0 Å². The van der Waals surface area contributed by atoms with Crippen LogP contribution in [0.1, 0.15) is 12.0 Å². The zero-order valence-corrected chi connectivity index (χ0v) is 16.3. The lowest BCUT2D eigenvalue weighted by atomic mass is 10.2. The summed E-state index contributed by atoms with van der Waals surface area (Å²) >= 11 is 0. The molecule has 0 unspecified atom stereocenters. The van der Waals surface area contributed by atoms with Gasteiger partial charge in [0, 0.05) is 12.1 Å². The molecule has 0 saturated carbocycles. The van der Waals surface area contributed by atoms with Crippen LogP contribution in [0.5, 0.6) is 17.2 Å². The molecular formula is C24H21NO5. The summed E-state index contributed by atoms with van der Waals surface area (Å²) in [5, 5.41) is 0. The van der Waals surface area contributed by atoms with Gasteiger partial charge in [-0.15, -0.1) is 0 Å². The number of amides is 1. The molecule has 0 fully saturated rings. The van der Waals surface area contributed by atoms with E-state index < -0.39 is 0 Å². The van der Waals surface area contributed by atoms with Crippen molar-refractivity contribution in [1.82, 2.24) is 0 Å². The Balaban J connectivity index is 1.34. The highest BCUT2D eigenvalue weighted by molar-refractivity contribution is 5.98. The molecule has 1 amide bonds. The summed E-state index contributed by atoms with van der Waals surface area (Å²) in [5.74, 6) is 1.41. The summed E-state index contributed by atoms with van der Waals surface area (Å²) in [4.78, 5) is 26.1. The van der Waals surface area contributed by atoms with Gasteiger partial charge >= 0.3 is 5.97 Å². The van der Waals surface area contributed by atoms with E-state index >= 15 is 0 Å². The SMILES string of the molecule is O=C(CCN1C(=O)COc2ccccc21)OCc1ccccc1Oc1ccccc1. The van der Waals surface area contributed by atoms with Gasteiger partial charge in [0.1, 0.15) is 23.9 Å². The molecule has 3 aromatic rings. The highest BCUT2D eigenvalue weighted by Crippen LogP contribution is 2.31. The van der Waals surface area contributed by atoms with Crippen LogP contribution in [0.3, 0.4) is 0 Å². The van der Waals surface area contributed by atoms with Gasteiger partial charge in [-0.1, -0.05) is 48.5 Å². The van der Waals surface area contributed by atoms with Crippen LogP contribution in [0.2, 0.25) is 0 Å². The van der Waals surface area contributed by atoms with E-state index in [-0.39, 0.29) is 38.1 Å². The van der Waals surface area contributed by atoms with Crippen molar-refractivity contribution in [2.24, 2.45) is 0 Å². The number of anilines is 1. The van der Waals surface area contributed by atoms with Crippen LogP contribution in [0.15, 0.2) is 78.9 Å². The monoisotopic (exact) mass is 403 g/mol. The standard InChI is InChI=1S/C24H21NO5/c26-23-17-28-22-13-7-5-11-20(22)25(23)15-14-24(27)29-16-18-8-4-6-12-21(18)30-19-9-2-1-3-10-19/h1-13H,14-17H2. The number of hydrogen-bond donors (Lipinski definition) is 0. The Hall–Kier alpha value is -3.80. The molecule has 0 saturated heterocycles. The maximum absolute atomic E-state index is 12.3. The van der Waals surface area contributed by atoms with Crippen LogP contribution in [-0.4, -0.2) is 25.0 Å². The minimum absolute atomic E-state index is 0.0315. The minimum atomic E-state index is -0.388. The zero-order valence-electron chi connectivity index (χ0n) is 16.3. The van der Waals surface area contributed by atoms with Gasteiger partial charge in [-0.2, -0.15) is 0 Å². The number of ether oxygens (including phenoxy) is 3. The van der Waals surface area contributed by atoms with Crippen molar-refractivity contribution in [2.75, 3.05) is 18.1 Å². The number of esters is 1. The number of carbonyl (C=O) groups is 2. The van der Waals surface area contributed by atoms with Crippen LogP contribution in [0.4, 0.5) is 5.69 Å². The number of para-hydroxylation sites is 4. The molecule has 3 aromatic carbocycles. The second-order valence-corrected chi connectivity index (χ2v) is 6.74. The summed E-state index contributed by atoms with van der Waals surface area (Å²) in [6.07, 6.45) is 0.0851. The van der Waals surface area contributed by atoms with Gasteiger partial charge < -0.3 is 19.1 Å². The van der Waals surface area contributed by atoms with Crippen molar-refractivity contribution in [3.05, 3.63) is 84.4 Å². The van der Waals surface area contributed by atoms with Gasteiger partial charge in [-0.25, -0.2) is 0 Å². The van der Waals surface area contributed by atoms with E-state index in [0.717, 1.165) is 5.56 Å². The summed E-state index contributed by atoms with van der Waals surface area (Å²) in [6.45, 7) is 0.298. The van der Waals surface area contributed by atoms with Gasteiger partial charge in [0.2, 0.25) is 0 Å². The molecule has 1 heterocycles. The molecule has 6 heteroatoms. The van der Waals surface area contributed by atoms with Crippen molar-refractivity contribution >= 4 is 17.6 Å². The minimum Gasteiger partial charge on any atom is -0.482 e. The maximum atomic E-state index is 12.3. The number of rotatable bonds is 7. The number of fused-ring (bicyclic) bond motifs is 1. The first-order valence-electron chi connectivity index (χ1n) is 9.69. The molecule has 6 nitrogen and oxygen atoms in total. The van der Waals surface area contributed by atoms with E-state index in [4.69, 9.17) is 14.2 Å². The molecule has 0 atom stereocenters. The third kappa shape index (κ3) is 4.60. The van der Waals surface area contributed by atoms with E-state index in [0.29, 0.717) is 22.9 Å². The second kappa shape index (κ2) is 9.13. The number of carbonyl (C=O) groups excluding carboxylic acids is 2. The maximum Gasteiger partial charge on any atom is 0.307 e. The first kappa shape index (κ1) is 19.5. The summed E-state index contributed by atoms with van der Waals surface area (Å²) in [5.41, 5.74) is 1.44. The van der Waals surface area contributed by atoms with E-state index in [9.17, 15) is 9.59 Å². The predicted molar refractivity (Wildman–Crippen MR) is 112 cm³/mol. The second-order valence-electron chi connectivity index (χ2n) is 6.74. The fourth-order valence-electron chi connectivity index (χ4n) is 3.17. The Bertz CT molecular complexity index is 1030. The Kier molecular flexibility index (Phi) is 5.94. The van der Waals surface area contributed by atoms with Gasteiger partial charge in [0.05, 0.1) is 12.1 Å². The zero-order chi connectivity index (χ0) is 20.8. The molecule has 0 radical (unpaired) electrons. The van der Waals surface area contributed by atoms with Crippen molar-refractivity contribution in [1.29, 1.82) is 0 Å². The van der Waals surface area contributed by atoms with Crippen LogP contribution in [0, 0.1) is 0 Å². The van der Waals surface area contributed by atoms with E-state index in [2.05, 4.69) is 0 Å². The van der Waals surface area contributed by atoms with Gasteiger partial charge in [-0.3, -0.25) is 9.59 Å². The smallest absolute Gasteiger partial charge is 0.307 e. The fourth-order valence-corrected chi connectivity index (χ4v) is 3.17. The molecule has 1 aliphatic rings. The largest absolute Gasteiger partial charge is 0.482 e. The highest BCUT2D eigenvalue weighted by Gasteiger charge is 2.25. The van der Waals surface area contributed by atoms with Crippen LogP contribution < -0.4 is 14.4 Å². The van der Waals surface area contributed by atoms with E-state index in [1.165, 1.54) is 0 Å². The molecule has 0 aromatic heterocycles. The Morgan fingerprint density at radius 2 is 1.67 bits per heavy atom. The van der Waals surface area contributed by atoms with Crippen molar-refractivity contribution in [3.8, 4) is 17.2 Å². The van der Waals surface area contributed by atoms with E-state index in [1.54, 1.807) is 17.0 Å². The molecule has 4 rings (SSSR count). The van der Waals surface area contributed by atoms with Crippen LogP contribution >= 0.6 is 0 Å². The Morgan fingerprint density at radius 3 is 2.53 bits per heavy atom. The number of benzene rings is 3. The Morgan fingerprint density at radius 1 is 0.933 bits per heavy atom. The summed E-state index contributed by atoms with van der Waals surface area (Å²) in [7, 11) is 0. The molecule has 0 bridgehead atoms. The predicted octanol–water partition coefficient (Wildman–Crippen LogP) is 4.34. The van der Waals surface area contributed by atoms with Crippen molar-refractivity contribution in [3.63, 3.8) is 0 Å². The summed E-state index contributed by atoms with van der Waals surface area (Å²) in [6, 6.07) is 24.1. The first-order valence-corrected chi connectivity index (χ1v) is 9.69. The lowest BCUT2D eigenvalue weighted by Gasteiger charge is -2.29. The first-order chi connectivity index (χ1) is 14.7. The van der Waals surface area contributed by atoms with Crippen LogP contribution in [0.25, 0.3) is 0 Å². The van der Waals surface area contributed by atoms with Crippen molar-refractivity contribution < 1.29 is 23.8 Å². The molecule has 0 spiro atoms. The molecule has 0 N–H and O–H groups in total. The van der Waals surface area contributed by atoms with Gasteiger partial charge in [0.25, 0.3) is 5.91 Å². The molecule has 30 heavy (non-hydrogen) atoms. The average molecular weight is 403 g/mol. The number of hydrogen-bond acceptors (Lipinski definition) is 5. The molecular weight excluding hydrogens is 382 g/mol. The average Bonchev–Trinajstić information content (AvgIpc) is 2.78. The third-order valence-corrected chi connectivity index (χ3v) is 4.68. The van der Waals surface area contributed by atoms with Crippen LogP contribution in [-0.2, 0) is 20.9 Å². The molecule has 1 aliphatic heterocycles. The molecule has 152 valence electrons. The lowest BCUT2D eigenvalue weighted by Crippen LogP contribution is -2.40. The molecule has 0 aliphatic carbocycles. The van der Waals surface area contributed by atoms with E-state index in [1.807, 2.05) is 66.7 Å². The topological polar surface area (TPSA) is 65.1 Å². The normalized spacial score (nSPS) is 12.7. The highest BCUT2D eigenvalue weighted by atomic mass is 16.5. The van der Waals surface area contributed by atoms with Gasteiger partial charge in [-0.05, 0) is 30.3 Å². The van der Waals surface area contributed by atoms with Gasteiger partial charge in [0.15, 0.2) is 6.61 Å². The lowest BCUT2D eigenvalue weighted by molar-refractivity contribution is -0.144. The quantitative estimate of drug-likeness (QED) is 0.549. The summed E-state index contributed by atoms with van der Waals surface area (Å²) < 4.78 is 16.7. The number of nitrogens with zero attached hydrogens (tertiary/aromatic N) is 1. The fraction of sp³-hybridized carbons (Fsp3) is 0.167. The Labute approximate surface area is 174 Å². The third-order valence-electron chi connectivity index (χ3n) is 4.68.